The molecule has 2 atom stereocenters. The van der Waals surface area contributed by atoms with E-state index in [1.54, 1.807) is 25.2 Å². The van der Waals surface area contributed by atoms with E-state index in [0.717, 1.165) is 12.8 Å². The van der Waals surface area contributed by atoms with Gasteiger partial charge in [0.05, 0.1) is 13.2 Å². The standard InChI is InChI=1S/C15H23N3O3/c1-20-13-5-3-4-11(8-13)17-15(19)18-7-6-14(21-2)9-12(18)10-16/h3-5,8,12,14H,6-7,9-10,16H2,1-2H3,(H,17,19). The number of hydrogen-bond acceptors (Lipinski definition) is 4. The van der Waals surface area contributed by atoms with Gasteiger partial charge in [0.1, 0.15) is 5.75 Å². The smallest absolute Gasteiger partial charge is 0.322 e. The molecule has 0 saturated carbocycles. The number of methoxy groups -OCH3 is 2. The molecule has 1 aromatic carbocycles. The van der Waals surface area contributed by atoms with Gasteiger partial charge in [-0.1, -0.05) is 6.07 Å². The van der Waals surface area contributed by atoms with Gasteiger partial charge in [0, 0.05) is 38.0 Å². The van der Waals surface area contributed by atoms with Gasteiger partial charge in [-0.25, -0.2) is 4.79 Å². The van der Waals surface area contributed by atoms with Crippen molar-refractivity contribution >= 4 is 11.7 Å². The molecular formula is C15H23N3O3. The van der Waals surface area contributed by atoms with Gasteiger partial charge >= 0.3 is 6.03 Å². The number of carbonyl (C=O) groups is 1. The number of amides is 2. The summed E-state index contributed by atoms with van der Waals surface area (Å²) in [5.41, 5.74) is 6.50. The molecule has 1 fully saturated rings. The van der Waals surface area contributed by atoms with E-state index in [1.807, 2.05) is 18.2 Å². The summed E-state index contributed by atoms with van der Waals surface area (Å²) in [6.45, 7) is 1.08. The van der Waals surface area contributed by atoms with Gasteiger partial charge in [0.2, 0.25) is 0 Å². The second kappa shape index (κ2) is 7.28. The van der Waals surface area contributed by atoms with Gasteiger partial charge in [-0.15, -0.1) is 0 Å². The van der Waals surface area contributed by atoms with Gasteiger partial charge in [0.15, 0.2) is 0 Å². The minimum absolute atomic E-state index is 0.00862. The lowest BCUT2D eigenvalue weighted by molar-refractivity contribution is 0.0292. The number of anilines is 1. The lowest BCUT2D eigenvalue weighted by atomic mass is 10.00. The summed E-state index contributed by atoms with van der Waals surface area (Å²) in [6.07, 6.45) is 1.79. The molecular weight excluding hydrogens is 270 g/mol. The Kier molecular flexibility index (Phi) is 5.41. The van der Waals surface area contributed by atoms with Crippen LogP contribution in [-0.2, 0) is 4.74 Å². The normalized spacial score (nSPS) is 22.0. The van der Waals surface area contributed by atoms with Crippen molar-refractivity contribution in [2.45, 2.75) is 25.0 Å². The van der Waals surface area contributed by atoms with Crippen molar-refractivity contribution in [3.63, 3.8) is 0 Å². The number of likely N-dealkylation sites (tertiary alicyclic amines) is 1. The highest BCUT2D eigenvalue weighted by molar-refractivity contribution is 5.89. The predicted molar refractivity (Wildman–Crippen MR) is 81.6 cm³/mol. The molecule has 0 bridgehead atoms. The van der Waals surface area contributed by atoms with E-state index in [0.29, 0.717) is 24.5 Å². The largest absolute Gasteiger partial charge is 0.497 e. The first-order chi connectivity index (χ1) is 10.2. The number of urea groups is 1. The number of piperidine rings is 1. The number of benzene rings is 1. The number of ether oxygens (including phenoxy) is 2. The molecule has 0 aromatic heterocycles. The van der Waals surface area contributed by atoms with Crippen LogP contribution in [0.5, 0.6) is 5.75 Å². The number of rotatable bonds is 4. The molecule has 1 aliphatic heterocycles. The van der Waals surface area contributed by atoms with Crippen molar-refractivity contribution in [2.24, 2.45) is 5.73 Å². The first-order valence-electron chi connectivity index (χ1n) is 7.12. The highest BCUT2D eigenvalue weighted by Gasteiger charge is 2.30. The van der Waals surface area contributed by atoms with Gasteiger partial charge < -0.3 is 25.4 Å². The first-order valence-corrected chi connectivity index (χ1v) is 7.12. The van der Waals surface area contributed by atoms with Crippen LogP contribution in [0.15, 0.2) is 24.3 Å². The van der Waals surface area contributed by atoms with Crippen LogP contribution in [0.1, 0.15) is 12.8 Å². The zero-order valence-electron chi connectivity index (χ0n) is 12.5. The maximum absolute atomic E-state index is 12.4. The molecule has 6 nitrogen and oxygen atoms in total. The second-order valence-electron chi connectivity index (χ2n) is 5.13. The lowest BCUT2D eigenvalue weighted by Crippen LogP contribution is -2.52. The zero-order valence-corrected chi connectivity index (χ0v) is 12.5. The number of nitrogens with zero attached hydrogens (tertiary/aromatic N) is 1. The average molecular weight is 293 g/mol. The van der Waals surface area contributed by atoms with Crippen molar-refractivity contribution in [1.82, 2.24) is 4.90 Å². The molecule has 0 spiro atoms. The minimum atomic E-state index is -0.131. The number of hydrogen-bond donors (Lipinski definition) is 2. The molecule has 2 rings (SSSR count). The van der Waals surface area contributed by atoms with Crippen molar-refractivity contribution < 1.29 is 14.3 Å². The van der Waals surface area contributed by atoms with Gasteiger partial charge in [0.25, 0.3) is 0 Å². The number of carbonyl (C=O) groups excluding carboxylic acids is 1. The first kappa shape index (κ1) is 15.6. The van der Waals surface area contributed by atoms with Crippen LogP contribution in [0.3, 0.4) is 0 Å². The van der Waals surface area contributed by atoms with Gasteiger partial charge in [-0.2, -0.15) is 0 Å². The monoisotopic (exact) mass is 293 g/mol. The molecule has 6 heteroatoms. The second-order valence-corrected chi connectivity index (χ2v) is 5.13. The molecule has 3 N–H and O–H groups in total. The van der Waals surface area contributed by atoms with E-state index in [9.17, 15) is 4.79 Å². The zero-order chi connectivity index (χ0) is 15.2. The van der Waals surface area contributed by atoms with Crippen LogP contribution >= 0.6 is 0 Å². The van der Waals surface area contributed by atoms with E-state index in [2.05, 4.69) is 5.32 Å². The molecule has 2 unspecified atom stereocenters. The quantitative estimate of drug-likeness (QED) is 0.885. The van der Waals surface area contributed by atoms with Crippen LogP contribution in [0.25, 0.3) is 0 Å². The Hall–Kier alpha value is -1.79. The van der Waals surface area contributed by atoms with E-state index in [4.69, 9.17) is 15.2 Å². The maximum atomic E-state index is 12.4. The predicted octanol–water partition coefficient (Wildman–Crippen LogP) is 1.67. The lowest BCUT2D eigenvalue weighted by Gasteiger charge is -2.38. The summed E-state index contributed by atoms with van der Waals surface area (Å²) in [7, 11) is 3.30. The Morgan fingerprint density at radius 1 is 1.48 bits per heavy atom. The summed E-state index contributed by atoms with van der Waals surface area (Å²) in [4.78, 5) is 14.2. The number of nitrogens with two attached hydrogens (primary N) is 1. The molecule has 1 aromatic rings. The van der Waals surface area contributed by atoms with Crippen molar-refractivity contribution in [3.05, 3.63) is 24.3 Å². The van der Waals surface area contributed by atoms with E-state index in [1.165, 1.54) is 0 Å². The summed E-state index contributed by atoms with van der Waals surface area (Å²) < 4.78 is 10.5. The SMILES string of the molecule is COc1cccc(NC(=O)N2CCC(OC)CC2CN)c1. The maximum Gasteiger partial charge on any atom is 0.322 e. The van der Waals surface area contributed by atoms with Crippen molar-refractivity contribution in [2.75, 3.05) is 32.6 Å². The molecule has 116 valence electrons. The Balaban J connectivity index is 2.01. The third kappa shape index (κ3) is 3.86. The molecule has 1 heterocycles. The summed E-state index contributed by atoms with van der Waals surface area (Å²) in [5, 5.41) is 2.89. The molecule has 1 aliphatic rings. The molecule has 0 radical (unpaired) electrons. The van der Waals surface area contributed by atoms with Crippen molar-refractivity contribution in [1.29, 1.82) is 0 Å². The third-order valence-electron chi connectivity index (χ3n) is 3.85. The van der Waals surface area contributed by atoms with E-state index < -0.39 is 0 Å². The van der Waals surface area contributed by atoms with E-state index in [-0.39, 0.29) is 18.2 Å². The molecule has 2 amide bonds. The van der Waals surface area contributed by atoms with Crippen molar-refractivity contribution in [3.8, 4) is 5.75 Å². The van der Waals surface area contributed by atoms with Crippen LogP contribution < -0.4 is 15.8 Å². The Labute approximate surface area is 125 Å². The highest BCUT2D eigenvalue weighted by Crippen LogP contribution is 2.22. The van der Waals surface area contributed by atoms with Gasteiger partial charge in [-0.05, 0) is 25.0 Å². The molecule has 0 aliphatic carbocycles. The fourth-order valence-corrected chi connectivity index (χ4v) is 2.62. The Bertz CT molecular complexity index is 481. The topological polar surface area (TPSA) is 76.8 Å². The molecule has 1 saturated heterocycles. The summed E-state index contributed by atoms with van der Waals surface area (Å²) in [5.74, 6) is 0.710. The van der Waals surface area contributed by atoms with Crippen LogP contribution in [0, 0.1) is 0 Å². The van der Waals surface area contributed by atoms with Crippen LogP contribution in [0.4, 0.5) is 10.5 Å². The average Bonchev–Trinajstić information content (AvgIpc) is 2.54. The van der Waals surface area contributed by atoms with E-state index >= 15 is 0 Å². The Morgan fingerprint density at radius 2 is 2.29 bits per heavy atom. The Morgan fingerprint density at radius 3 is 2.95 bits per heavy atom. The third-order valence-corrected chi connectivity index (χ3v) is 3.85. The van der Waals surface area contributed by atoms with Gasteiger partial charge in [-0.3, -0.25) is 0 Å². The summed E-state index contributed by atoms with van der Waals surface area (Å²) in [6, 6.07) is 7.17. The fraction of sp³-hybridized carbons (Fsp3) is 0.533. The summed E-state index contributed by atoms with van der Waals surface area (Å²) >= 11 is 0. The van der Waals surface area contributed by atoms with Crippen LogP contribution in [0.2, 0.25) is 0 Å². The highest BCUT2D eigenvalue weighted by atomic mass is 16.5. The number of nitrogens with one attached hydrogen (secondary N) is 1. The van der Waals surface area contributed by atoms with Crippen LogP contribution in [-0.4, -0.2) is 50.4 Å². The fourth-order valence-electron chi connectivity index (χ4n) is 2.62. The molecule has 21 heavy (non-hydrogen) atoms. The minimum Gasteiger partial charge on any atom is -0.497 e.